The van der Waals surface area contributed by atoms with Crippen LogP contribution in [0.15, 0.2) is 18.2 Å². The Morgan fingerprint density at radius 2 is 2.37 bits per heavy atom. The van der Waals surface area contributed by atoms with E-state index in [4.69, 9.17) is 10.5 Å². The number of morpholine rings is 1. The second kappa shape index (κ2) is 6.04. The molecular formula is C14H21N3O2. The summed E-state index contributed by atoms with van der Waals surface area (Å²) in [5.41, 5.74) is 7.87. The van der Waals surface area contributed by atoms with Crippen molar-refractivity contribution >= 4 is 11.6 Å². The molecule has 19 heavy (non-hydrogen) atoms. The molecule has 1 unspecified atom stereocenters. The number of ether oxygens (including phenoxy) is 1. The third kappa shape index (κ3) is 3.68. The largest absolute Gasteiger partial charge is 0.399 e. The molecule has 0 radical (unpaired) electrons. The molecule has 5 nitrogen and oxygen atoms in total. The Morgan fingerprint density at radius 3 is 3.11 bits per heavy atom. The fourth-order valence-electron chi connectivity index (χ4n) is 2.18. The van der Waals surface area contributed by atoms with E-state index in [9.17, 15) is 4.79 Å². The van der Waals surface area contributed by atoms with Crippen LogP contribution in [0.3, 0.4) is 0 Å². The summed E-state index contributed by atoms with van der Waals surface area (Å²) in [6.07, 6.45) is 0.0593. The summed E-state index contributed by atoms with van der Waals surface area (Å²) in [4.78, 5) is 14.3. The molecule has 3 N–H and O–H groups in total. The zero-order chi connectivity index (χ0) is 13.8. The Bertz CT molecular complexity index is 462. The summed E-state index contributed by atoms with van der Waals surface area (Å²) in [5, 5.41) is 2.91. The van der Waals surface area contributed by atoms with Crippen molar-refractivity contribution in [2.45, 2.75) is 13.0 Å². The van der Waals surface area contributed by atoms with Gasteiger partial charge in [-0.05, 0) is 31.7 Å². The van der Waals surface area contributed by atoms with Gasteiger partial charge >= 0.3 is 0 Å². The summed E-state index contributed by atoms with van der Waals surface area (Å²) >= 11 is 0. The normalized spacial score (nSPS) is 20.2. The van der Waals surface area contributed by atoms with Gasteiger partial charge in [-0.3, -0.25) is 4.79 Å². The van der Waals surface area contributed by atoms with Crippen LogP contribution in [0.25, 0.3) is 0 Å². The van der Waals surface area contributed by atoms with Crippen molar-refractivity contribution in [3.63, 3.8) is 0 Å². The fourth-order valence-corrected chi connectivity index (χ4v) is 2.18. The Balaban J connectivity index is 1.92. The second-order valence-corrected chi connectivity index (χ2v) is 5.04. The van der Waals surface area contributed by atoms with Crippen molar-refractivity contribution < 1.29 is 9.53 Å². The third-order valence-electron chi connectivity index (χ3n) is 3.34. The lowest BCUT2D eigenvalue weighted by molar-refractivity contribution is -0.0175. The van der Waals surface area contributed by atoms with E-state index < -0.39 is 0 Å². The minimum atomic E-state index is -0.0957. The first-order valence-electron chi connectivity index (χ1n) is 6.50. The predicted octanol–water partition coefficient (Wildman–Crippen LogP) is 0.638. The first-order valence-corrected chi connectivity index (χ1v) is 6.50. The fraction of sp³-hybridized carbons (Fsp3) is 0.500. The molecule has 1 aromatic rings. The molecule has 1 aliphatic heterocycles. The maximum Gasteiger partial charge on any atom is 0.251 e. The van der Waals surface area contributed by atoms with Crippen LogP contribution < -0.4 is 11.1 Å². The first kappa shape index (κ1) is 13.8. The molecule has 1 heterocycles. The standard InChI is InChI=1S/C14H21N3O2/c1-10-3-4-11(15)7-13(10)14(18)16-8-12-9-17(2)5-6-19-12/h3-4,7,12H,5-6,8-9,15H2,1-2H3,(H,16,18). The van der Waals surface area contributed by atoms with E-state index >= 15 is 0 Å². The Labute approximate surface area is 113 Å². The molecule has 104 valence electrons. The maximum absolute atomic E-state index is 12.1. The van der Waals surface area contributed by atoms with Crippen molar-refractivity contribution in [1.29, 1.82) is 0 Å². The monoisotopic (exact) mass is 263 g/mol. The average Bonchev–Trinajstić information content (AvgIpc) is 2.39. The number of amides is 1. The lowest BCUT2D eigenvalue weighted by Gasteiger charge is -2.30. The molecule has 0 saturated carbocycles. The molecule has 1 amide bonds. The summed E-state index contributed by atoms with van der Waals surface area (Å²) in [5.74, 6) is -0.0957. The van der Waals surface area contributed by atoms with Gasteiger partial charge in [0.25, 0.3) is 5.91 Å². The van der Waals surface area contributed by atoms with Crippen LogP contribution in [0.2, 0.25) is 0 Å². The molecule has 1 aromatic carbocycles. The summed E-state index contributed by atoms with van der Waals surface area (Å²) < 4.78 is 5.61. The molecule has 0 bridgehead atoms. The topological polar surface area (TPSA) is 67.6 Å². The van der Waals surface area contributed by atoms with Crippen molar-refractivity contribution in [3.8, 4) is 0 Å². The van der Waals surface area contributed by atoms with Gasteiger partial charge in [0.2, 0.25) is 0 Å². The molecular weight excluding hydrogens is 242 g/mol. The van der Waals surface area contributed by atoms with Gasteiger partial charge in [-0.15, -0.1) is 0 Å². The summed E-state index contributed by atoms with van der Waals surface area (Å²) in [6, 6.07) is 5.36. The van der Waals surface area contributed by atoms with Crippen LogP contribution in [0.1, 0.15) is 15.9 Å². The lowest BCUT2D eigenvalue weighted by Crippen LogP contribution is -2.46. The van der Waals surface area contributed by atoms with Gasteiger partial charge in [0.05, 0.1) is 12.7 Å². The molecule has 0 spiro atoms. The second-order valence-electron chi connectivity index (χ2n) is 5.04. The van der Waals surface area contributed by atoms with E-state index in [2.05, 4.69) is 17.3 Å². The summed E-state index contributed by atoms with van der Waals surface area (Å²) in [6.45, 7) is 4.93. The minimum Gasteiger partial charge on any atom is -0.399 e. The van der Waals surface area contributed by atoms with Crippen LogP contribution in [0, 0.1) is 6.92 Å². The van der Waals surface area contributed by atoms with E-state index in [1.54, 1.807) is 12.1 Å². The highest BCUT2D eigenvalue weighted by Gasteiger charge is 2.19. The number of aryl methyl sites for hydroxylation is 1. The number of nitrogens with zero attached hydrogens (tertiary/aromatic N) is 1. The van der Waals surface area contributed by atoms with Crippen LogP contribution >= 0.6 is 0 Å². The Kier molecular flexibility index (Phi) is 4.39. The number of carbonyl (C=O) groups is 1. The number of nitrogens with two attached hydrogens (primary N) is 1. The van der Waals surface area contributed by atoms with Crippen molar-refractivity contribution in [2.24, 2.45) is 0 Å². The third-order valence-corrected chi connectivity index (χ3v) is 3.34. The van der Waals surface area contributed by atoms with Crippen LogP contribution in [-0.2, 0) is 4.74 Å². The molecule has 2 rings (SSSR count). The number of hydrogen-bond acceptors (Lipinski definition) is 4. The number of benzene rings is 1. The molecule has 1 saturated heterocycles. The van der Waals surface area contributed by atoms with Crippen molar-refractivity contribution in [1.82, 2.24) is 10.2 Å². The lowest BCUT2D eigenvalue weighted by atomic mass is 10.1. The van der Waals surface area contributed by atoms with Gasteiger partial charge in [0, 0.05) is 30.9 Å². The van der Waals surface area contributed by atoms with E-state index in [0.29, 0.717) is 24.4 Å². The Hall–Kier alpha value is -1.59. The highest BCUT2D eigenvalue weighted by molar-refractivity contribution is 5.96. The molecule has 1 atom stereocenters. The number of anilines is 1. The van der Waals surface area contributed by atoms with Gasteiger partial charge in [-0.2, -0.15) is 0 Å². The van der Waals surface area contributed by atoms with Gasteiger partial charge in [-0.25, -0.2) is 0 Å². The number of hydrogen-bond donors (Lipinski definition) is 2. The molecule has 1 fully saturated rings. The van der Waals surface area contributed by atoms with E-state index in [-0.39, 0.29) is 12.0 Å². The first-order chi connectivity index (χ1) is 9.06. The Morgan fingerprint density at radius 1 is 1.58 bits per heavy atom. The van der Waals surface area contributed by atoms with Gasteiger partial charge < -0.3 is 20.7 Å². The zero-order valence-corrected chi connectivity index (χ0v) is 11.5. The smallest absolute Gasteiger partial charge is 0.251 e. The number of nitrogen functional groups attached to an aromatic ring is 1. The van der Waals surface area contributed by atoms with Gasteiger partial charge in [0.1, 0.15) is 0 Å². The van der Waals surface area contributed by atoms with E-state index in [1.807, 2.05) is 13.0 Å². The SMILES string of the molecule is Cc1ccc(N)cc1C(=O)NCC1CN(C)CCO1. The molecule has 5 heteroatoms. The zero-order valence-electron chi connectivity index (χ0n) is 11.5. The highest BCUT2D eigenvalue weighted by atomic mass is 16.5. The predicted molar refractivity (Wildman–Crippen MR) is 75.2 cm³/mol. The minimum absolute atomic E-state index is 0.0593. The van der Waals surface area contributed by atoms with Crippen LogP contribution in [-0.4, -0.2) is 50.2 Å². The number of rotatable bonds is 3. The average molecular weight is 263 g/mol. The number of nitrogens with one attached hydrogen (secondary N) is 1. The number of likely N-dealkylation sites (N-methyl/N-ethyl adjacent to an activating group) is 1. The van der Waals surface area contributed by atoms with Gasteiger partial charge in [0.15, 0.2) is 0 Å². The maximum atomic E-state index is 12.1. The quantitative estimate of drug-likeness (QED) is 0.785. The van der Waals surface area contributed by atoms with E-state index in [0.717, 1.165) is 18.7 Å². The summed E-state index contributed by atoms with van der Waals surface area (Å²) in [7, 11) is 2.05. The highest BCUT2D eigenvalue weighted by Crippen LogP contribution is 2.12. The molecule has 0 aromatic heterocycles. The van der Waals surface area contributed by atoms with E-state index in [1.165, 1.54) is 0 Å². The number of carbonyl (C=O) groups excluding carboxylic acids is 1. The van der Waals surface area contributed by atoms with Crippen LogP contribution in [0.5, 0.6) is 0 Å². The van der Waals surface area contributed by atoms with Gasteiger partial charge in [-0.1, -0.05) is 6.07 Å². The van der Waals surface area contributed by atoms with Crippen LogP contribution in [0.4, 0.5) is 5.69 Å². The molecule has 0 aliphatic carbocycles. The van der Waals surface area contributed by atoms with Crippen molar-refractivity contribution in [3.05, 3.63) is 29.3 Å². The van der Waals surface area contributed by atoms with Crippen molar-refractivity contribution in [2.75, 3.05) is 39.0 Å². The molecule has 1 aliphatic rings.